The van der Waals surface area contributed by atoms with Crippen molar-refractivity contribution in [2.75, 3.05) is 7.11 Å². The summed E-state index contributed by atoms with van der Waals surface area (Å²) in [6.45, 7) is 0. The van der Waals surface area contributed by atoms with Crippen molar-refractivity contribution >= 4 is 0 Å². The van der Waals surface area contributed by atoms with Gasteiger partial charge in [0.1, 0.15) is 0 Å². The molecule has 20 heavy (non-hydrogen) atoms. The smallest absolute Gasteiger partial charge is 0.251 e. The number of halogens is 4. The lowest BCUT2D eigenvalue weighted by Gasteiger charge is -2.22. The first-order chi connectivity index (χ1) is 9.45. The second kappa shape index (κ2) is 4.64. The van der Waals surface area contributed by atoms with Crippen LogP contribution in [-0.4, -0.2) is 13.0 Å². The predicted molar refractivity (Wildman–Crippen MR) is 66.0 cm³/mol. The fraction of sp³-hybridized carbons (Fsp3) is 0.600. The number of hydrogen-bond acceptors (Lipinski definition) is 1. The number of fused-ring (bicyclic) bond motifs is 1. The van der Waals surface area contributed by atoms with Gasteiger partial charge < -0.3 is 4.74 Å². The Hall–Kier alpha value is -1.26. The van der Waals surface area contributed by atoms with E-state index < -0.39 is 23.5 Å². The van der Waals surface area contributed by atoms with E-state index in [1.54, 1.807) is 0 Å². The van der Waals surface area contributed by atoms with Crippen LogP contribution in [0.15, 0.2) is 12.1 Å². The van der Waals surface area contributed by atoms with Crippen LogP contribution in [0.2, 0.25) is 0 Å². The summed E-state index contributed by atoms with van der Waals surface area (Å²) >= 11 is 0. The SMILES string of the molecule is COc1c([C@@H]2CCC3C2CCC3(F)F)ccc(F)c1F. The van der Waals surface area contributed by atoms with Crippen molar-refractivity contribution in [3.8, 4) is 5.75 Å². The van der Waals surface area contributed by atoms with E-state index in [0.717, 1.165) is 6.07 Å². The quantitative estimate of drug-likeness (QED) is 0.727. The molecular formula is C15H16F4O. The molecule has 0 aliphatic heterocycles. The minimum atomic E-state index is -2.62. The molecule has 2 unspecified atom stereocenters. The van der Waals surface area contributed by atoms with Crippen molar-refractivity contribution in [3.05, 3.63) is 29.3 Å². The highest BCUT2D eigenvalue weighted by Crippen LogP contribution is 2.59. The van der Waals surface area contributed by atoms with Crippen LogP contribution in [0.1, 0.15) is 37.2 Å². The zero-order valence-corrected chi connectivity index (χ0v) is 11.1. The molecule has 2 fully saturated rings. The maximum absolute atomic E-state index is 13.8. The first kappa shape index (κ1) is 13.7. The fourth-order valence-corrected chi connectivity index (χ4v) is 3.97. The van der Waals surface area contributed by atoms with E-state index in [9.17, 15) is 17.6 Å². The van der Waals surface area contributed by atoms with Crippen LogP contribution in [0.4, 0.5) is 17.6 Å². The van der Waals surface area contributed by atoms with Gasteiger partial charge in [-0.1, -0.05) is 6.07 Å². The standard InChI is InChI=1S/C15H16F4O/c1-20-14-10(3-5-12(16)13(14)17)8-2-4-11-9(8)6-7-15(11,18)19/h3,5,8-9,11H,2,4,6-7H2,1H3/t8-,9?,11?/m1/s1. The minimum Gasteiger partial charge on any atom is -0.493 e. The highest BCUT2D eigenvalue weighted by atomic mass is 19.3. The van der Waals surface area contributed by atoms with Crippen LogP contribution in [0.25, 0.3) is 0 Å². The Morgan fingerprint density at radius 2 is 1.90 bits per heavy atom. The molecule has 3 atom stereocenters. The van der Waals surface area contributed by atoms with Crippen molar-refractivity contribution in [1.82, 2.24) is 0 Å². The predicted octanol–water partition coefficient (Wildman–Crippen LogP) is 4.51. The zero-order chi connectivity index (χ0) is 14.5. The van der Waals surface area contributed by atoms with Gasteiger partial charge in [0, 0.05) is 17.9 Å². The number of hydrogen-bond donors (Lipinski definition) is 0. The monoisotopic (exact) mass is 288 g/mol. The lowest BCUT2D eigenvalue weighted by molar-refractivity contribution is -0.0409. The molecule has 1 aromatic carbocycles. The Balaban J connectivity index is 1.97. The van der Waals surface area contributed by atoms with Crippen molar-refractivity contribution in [2.24, 2.45) is 11.8 Å². The van der Waals surface area contributed by atoms with E-state index in [4.69, 9.17) is 4.74 Å². The minimum absolute atomic E-state index is 0.106. The Labute approximate surface area is 114 Å². The normalized spacial score (nSPS) is 31.4. The molecular weight excluding hydrogens is 272 g/mol. The van der Waals surface area contributed by atoms with Gasteiger partial charge in [0.25, 0.3) is 5.92 Å². The van der Waals surface area contributed by atoms with Gasteiger partial charge >= 0.3 is 0 Å². The van der Waals surface area contributed by atoms with Gasteiger partial charge in [-0.25, -0.2) is 13.2 Å². The summed E-state index contributed by atoms with van der Waals surface area (Å²) in [5.41, 5.74) is 0.525. The Kier molecular flexibility index (Phi) is 3.18. The lowest BCUT2D eigenvalue weighted by atomic mass is 9.85. The van der Waals surface area contributed by atoms with Crippen LogP contribution in [0.5, 0.6) is 5.75 Å². The van der Waals surface area contributed by atoms with Crippen LogP contribution in [0, 0.1) is 23.5 Å². The summed E-state index contributed by atoms with van der Waals surface area (Å²) < 4.78 is 59.5. The molecule has 1 nitrogen and oxygen atoms in total. The molecule has 0 saturated heterocycles. The third kappa shape index (κ3) is 1.90. The summed E-state index contributed by atoms with van der Waals surface area (Å²) in [7, 11) is 1.27. The summed E-state index contributed by atoms with van der Waals surface area (Å²) in [5, 5.41) is 0. The molecule has 1 aromatic rings. The van der Waals surface area contributed by atoms with Gasteiger partial charge in [-0.3, -0.25) is 0 Å². The average molecular weight is 288 g/mol. The molecule has 2 aliphatic carbocycles. The van der Waals surface area contributed by atoms with Gasteiger partial charge in [-0.05, 0) is 37.2 Å². The summed E-state index contributed by atoms with van der Waals surface area (Å²) in [6, 6.07) is 2.52. The van der Waals surface area contributed by atoms with E-state index >= 15 is 0 Å². The second-order valence-corrected chi connectivity index (χ2v) is 5.74. The van der Waals surface area contributed by atoms with E-state index in [0.29, 0.717) is 24.8 Å². The molecule has 0 radical (unpaired) electrons. The third-order valence-electron chi connectivity index (χ3n) is 4.86. The van der Waals surface area contributed by atoms with Crippen molar-refractivity contribution < 1.29 is 22.3 Å². The van der Waals surface area contributed by atoms with Gasteiger partial charge in [0.05, 0.1) is 7.11 Å². The lowest BCUT2D eigenvalue weighted by Crippen LogP contribution is -2.23. The van der Waals surface area contributed by atoms with Gasteiger partial charge in [0.2, 0.25) is 5.82 Å². The van der Waals surface area contributed by atoms with Gasteiger partial charge in [-0.2, -0.15) is 4.39 Å². The number of rotatable bonds is 2. The van der Waals surface area contributed by atoms with Crippen molar-refractivity contribution in [3.63, 3.8) is 0 Å². The van der Waals surface area contributed by atoms with Crippen LogP contribution < -0.4 is 4.74 Å². The Morgan fingerprint density at radius 3 is 2.60 bits per heavy atom. The first-order valence-electron chi connectivity index (χ1n) is 6.85. The molecule has 0 aromatic heterocycles. The fourth-order valence-electron chi connectivity index (χ4n) is 3.97. The Morgan fingerprint density at radius 1 is 1.15 bits per heavy atom. The van der Waals surface area contributed by atoms with Crippen LogP contribution in [0.3, 0.4) is 0 Å². The molecule has 0 heterocycles. The molecule has 2 saturated carbocycles. The number of ether oxygens (including phenoxy) is 1. The third-order valence-corrected chi connectivity index (χ3v) is 4.86. The summed E-state index contributed by atoms with van der Waals surface area (Å²) in [5.74, 6) is -5.72. The maximum atomic E-state index is 13.8. The number of benzene rings is 1. The molecule has 3 rings (SSSR count). The maximum Gasteiger partial charge on any atom is 0.251 e. The largest absolute Gasteiger partial charge is 0.493 e. The molecule has 0 bridgehead atoms. The average Bonchev–Trinajstić information content (AvgIpc) is 2.95. The van der Waals surface area contributed by atoms with E-state index in [-0.39, 0.29) is 24.0 Å². The van der Waals surface area contributed by atoms with Crippen molar-refractivity contribution in [1.29, 1.82) is 0 Å². The summed E-state index contributed by atoms with van der Waals surface area (Å²) in [6.07, 6.45) is 1.34. The summed E-state index contributed by atoms with van der Waals surface area (Å²) in [4.78, 5) is 0. The molecule has 0 spiro atoms. The Bertz CT molecular complexity index is 529. The van der Waals surface area contributed by atoms with E-state index in [1.165, 1.54) is 13.2 Å². The van der Waals surface area contributed by atoms with Crippen LogP contribution >= 0.6 is 0 Å². The molecule has 0 N–H and O–H groups in total. The molecule has 2 aliphatic rings. The topological polar surface area (TPSA) is 9.23 Å². The molecule has 5 heteroatoms. The highest BCUT2D eigenvalue weighted by Gasteiger charge is 2.55. The first-order valence-corrected chi connectivity index (χ1v) is 6.85. The second-order valence-electron chi connectivity index (χ2n) is 5.74. The highest BCUT2D eigenvalue weighted by molar-refractivity contribution is 5.40. The van der Waals surface area contributed by atoms with E-state index in [1.807, 2.05) is 0 Å². The van der Waals surface area contributed by atoms with Crippen molar-refractivity contribution in [2.45, 2.75) is 37.5 Å². The molecule has 0 amide bonds. The number of alkyl halides is 2. The van der Waals surface area contributed by atoms with E-state index in [2.05, 4.69) is 0 Å². The zero-order valence-electron chi connectivity index (χ0n) is 11.1. The van der Waals surface area contributed by atoms with Crippen LogP contribution in [-0.2, 0) is 0 Å². The molecule has 110 valence electrons. The number of methoxy groups -OCH3 is 1. The van der Waals surface area contributed by atoms with Gasteiger partial charge in [0.15, 0.2) is 11.6 Å². The van der Waals surface area contributed by atoms with Gasteiger partial charge in [-0.15, -0.1) is 0 Å².